The first kappa shape index (κ1) is 20.7. The van der Waals surface area contributed by atoms with Crippen molar-refractivity contribution in [2.75, 3.05) is 45.0 Å². The molecule has 1 N–H and O–H groups in total. The molecule has 0 amide bonds. The Kier molecular flexibility index (Phi) is 8.04. The van der Waals surface area contributed by atoms with Crippen LogP contribution in [0.4, 0.5) is 0 Å². The summed E-state index contributed by atoms with van der Waals surface area (Å²) in [6.45, 7) is 8.03. The molecule has 0 spiro atoms. The van der Waals surface area contributed by atoms with E-state index in [9.17, 15) is 5.11 Å². The summed E-state index contributed by atoms with van der Waals surface area (Å²) >= 11 is 8.08. The van der Waals surface area contributed by atoms with E-state index in [0.717, 1.165) is 50.0 Å². The van der Waals surface area contributed by atoms with E-state index in [4.69, 9.17) is 11.6 Å². The summed E-state index contributed by atoms with van der Waals surface area (Å²) in [5.41, 5.74) is 2.64. The largest absolute Gasteiger partial charge is 0.392 e. The molecule has 1 heterocycles. The number of halogens is 1. The first-order valence-electron chi connectivity index (χ1n) is 9.66. The van der Waals surface area contributed by atoms with Gasteiger partial charge in [0.15, 0.2) is 0 Å². The molecule has 3 nitrogen and oxygen atoms in total. The highest BCUT2D eigenvalue weighted by Crippen LogP contribution is 2.36. The fraction of sp³-hybridized carbons (Fsp3) is 0.455. The number of benzene rings is 2. The molecule has 1 fully saturated rings. The number of β-amino-alcohol motifs (C(OH)–C–C–N with tert-alkyl or cyclic N) is 1. The van der Waals surface area contributed by atoms with E-state index in [-0.39, 0.29) is 6.10 Å². The number of aliphatic hydroxyl groups is 1. The standard InChI is InChI=1S/C22H29ClN2OS/c1-18(26)17-25-13-11-24(12-14-25)15-16-27-22(19-5-3-2-4-6-19)20-7-9-21(23)10-8-20/h2-10,18,22,26H,11-17H2,1H3. The monoisotopic (exact) mass is 404 g/mol. The molecule has 0 bridgehead atoms. The Labute approximate surface area is 172 Å². The highest BCUT2D eigenvalue weighted by Gasteiger charge is 2.19. The first-order chi connectivity index (χ1) is 13.1. The molecular weight excluding hydrogens is 376 g/mol. The van der Waals surface area contributed by atoms with Crippen LogP contribution in [-0.2, 0) is 0 Å². The van der Waals surface area contributed by atoms with Gasteiger partial charge in [-0.25, -0.2) is 0 Å². The van der Waals surface area contributed by atoms with Gasteiger partial charge >= 0.3 is 0 Å². The molecule has 2 atom stereocenters. The van der Waals surface area contributed by atoms with Crippen LogP contribution < -0.4 is 0 Å². The molecule has 2 aromatic carbocycles. The lowest BCUT2D eigenvalue weighted by Gasteiger charge is -2.35. The SMILES string of the molecule is CC(O)CN1CCN(CCSC(c2ccccc2)c2ccc(Cl)cc2)CC1. The van der Waals surface area contributed by atoms with Gasteiger partial charge < -0.3 is 5.11 Å². The van der Waals surface area contributed by atoms with Crippen LogP contribution >= 0.6 is 23.4 Å². The van der Waals surface area contributed by atoms with Crippen LogP contribution in [0.2, 0.25) is 5.02 Å². The minimum Gasteiger partial charge on any atom is -0.392 e. The van der Waals surface area contributed by atoms with E-state index >= 15 is 0 Å². The number of rotatable bonds is 8. The minimum atomic E-state index is -0.238. The highest BCUT2D eigenvalue weighted by atomic mass is 35.5. The predicted molar refractivity (Wildman–Crippen MR) is 117 cm³/mol. The maximum Gasteiger partial charge on any atom is 0.0639 e. The van der Waals surface area contributed by atoms with E-state index in [2.05, 4.69) is 52.3 Å². The Bertz CT molecular complexity index is 672. The van der Waals surface area contributed by atoms with Crippen molar-refractivity contribution >= 4 is 23.4 Å². The summed E-state index contributed by atoms with van der Waals surface area (Å²) in [5.74, 6) is 1.10. The quantitative estimate of drug-likeness (QED) is 0.714. The van der Waals surface area contributed by atoms with Gasteiger partial charge in [-0.05, 0) is 30.2 Å². The van der Waals surface area contributed by atoms with Crippen LogP contribution in [-0.4, -0.2) is 66.0 Å². The van der Waals surface area contributed by atoms with E-state index in [0.29, 0.717) is 5.25 Å². The van der Waals surface area contributed by atoms with E-state index in [1.807, 2.05) is 30.8 Å². The third kappa shape index (κ3) is 6.51. The van der Waals surface area contributed by atoms with Crippen LogP contribution in [0.3, 0.4) is 0 Å². The summed E-state index contributed by atoms with van der Waals surface area (Å²) in [4.78, 5) is 4.89. The minimum absolute atomic E-state index is 0.238. The van der Waals surface area contributed by atoms with Gasteiger partial charge in [0.1, 0.15) is 0 Å². The molecule has 1 saturated heterocycles. The lowest BCUT2D eigenvalue weighted by Crippen LogP contribution is -2.48. The molecule has 2 aromatic rings. The van der Waals surface area contributed by atoms with Gasteiger partial charge in [0.2, 0.25) is 0 Å². The number of hydrogen-bond acceptors (Lipinski definition) is 4. The Morgan fingerprint density at radius 3 is 2.15 bits per heavy atom. The highest BCUT2D eigenvalue weighted by molar-refractivity contribution is 7.99. The van der Waals surface area contributed by atoms with E-state index < -0.39 is 0 Å². The zero-order valence-corrected chi connectivity index (χ0v) is 17.5. The number of piperazine rings is 1. The second-order valence-corrected chi connectivity index (χ2v) is 8.85. The Morgan fingerprint density at radius 1 is 0.926 bits per heavy atom. The van der Waals surface area contributed by atoms with Crippen molar-refractivity contribution in [1.82, 2.24) is 9.80 Å². The van der Waals surface area contributed by atoms with Crippen LogP contribution in [0.15, 0.2) is 54.6 Å². The molecule has 3 rings (SSSR count). The normalized spacial score (nSPS) is 18.3. The van der Waals surface area contributed by atoms with Crippen LogP contribution in [0.25, 0.3) is 0 Å². The molecule has 146 valence electrons. The van der Waals surface area contributed by atoms with Gasteiger partial charge in [-0.2, -0.15) is 0 Å². The number of nitrogens with zero attached hydrogens (tertiary/aromatic N) is 2. The van der Waals surface area contributed by atoms with Gasteiger partial charge in [0.25, 0.3) is 0 Å². The summed E-state index contributed by atoms with van der Waals surface area (Å²) in [5, 5.41) is 10.7. The second-order valence-electron chi connectivity index (χ2n) is 7.20. The van der Waals surface area contributed by atoms with Gasteiger partial charge in [-0.1, -0.05) is 54.1 Å². The lowest BCUT2D eigenvalue weighted by atomic mass is 10.0. The number of thioether (sulfide) groups is 1. The van der Waals surface area contributed by atoms with Crippen LogP contribution in [0.1, 0.15) is 23.3 Å². The van der Waals surface area contributed by atoms with Gasteiger partial charge in [-0.3, -0.25) is 9.80 Å². The lowest BCUT2D eigenvalue weighted by molar-refractivity contribution is 0.0833. The van der Waals surface area contributed by atoms with Crippen molar-refractivity contribution in [1.29, 1.82) is 0 Å². The molecule has 1 aliphatic heterocycles. The van der Waals surface area contributed by atoms with Crippen molar-refractivity contribution in [2.24, 2.45) is 0 Å². The summed E-state index contributed by atoms with van der Waals surface area (Å²) in [7, 11) is 0. The maximum absolute atomic E-state index is 9.54. The van der Waals surface area contributed by atoms with Crippen molar-refractivity contribution < 1.29 is 5.11 Å². The summed E-state index contributed by atoms with van der Waals surface area (Å²) < 4.78 is 0. The Balaban J connectivity index is 1.54. The Morgan fingerprint density at radius 2 is 1.52 bits per heavy atom. The average Bonchev–Trinajstić information content (AvgIpc) is 2.68. The molecule has 0 radical (unpaired) electrons. The molecule has 1 aliphatic rings. The van der Waals surface area contributed by atoms with Crippen molar-refractivity contribution in [3.05, 3.63) is 70.7 Å². The molecule has 2 unspecified atom stereocenters. The van der Waals surface area contributed by atoms with Crippen molar-refractivity contribution in [3.8, 4) is 0 Å². The van der Waals surface area contributed by atoms with Gasteiger partial charge in [0, 0.05) is 50.0 Å². The zero-order valence-electron chi connectivity index (χ0n) is 15.9. The van der Waals surface area contributed by atoms with E-state index in [1.165, 1.54) is 11.1 Å². The van der Waals surface area contributed by atoms with Crippen molar-refractivity contribution in [2.45, 2.75) is 18.3 Å². The molecule has 27 heavy (non-hydrogen) atoms. The molecule has 5 heteroatoms. The fourth-order valence-electron chi connectivity index (χ4n) is 3.52. The molecule has 0 aromatic heterocycles. The van der Waals surface area contributed by atoms with Gasteiger partial charge in [0.05, 0.1) is 11.4 Å². The Hall–Kier alpha value is -1.04. The maximum atomic E-state index is 9.54. The molecule has 0 aliphatic carbocycles. The number of hydrogen-bond donors (Lipinski definition) is 1. The van der Waals surface area contributed by atoms with E-state index in [1.54, 1.807) is 0 Å². The molecule has 0 saturated carbocycles. The fourth-order valence-corrected chi connectivity index (χ4v) is 4.94. The summed E-state index contributed by atoms with van der Waals surface area (Å²) in [6.07, 6.45) is -0.238. The third-order valence-electron chi connectivity index (χ3n) is 4.95. The molecular formula is C22H29ClN2OS. The third-order valence-corrected chi connectivity index (χ3v) is 6.50. The first-order valence-corrected chi connectivity index (χ1v) is 11.1. The average molecular weight is 405 g/mol. The second kappa shape index (κ2) is 10.5. The zero-order chi connectivity index (χ0) is 19.1. The van der Waals surface area contributed by atoms with Gasteiger partial charge in [-0.15, -0.1) is 11.8 Å². The van der Waals surface area contributed by atoms with Crippen LogP contribution in [0.5, 0.6) is 0 Å². The van der Waals surface area contributed by atoms with Crippen molar-refractivity contribution in [3.63, 3.8) is 0 Å². The predicted octanol–water partition coefficient (Wildman–Crippen LogP) is 4.16. The smallest absolute Gasteiger partial charge is 0.0639 e. The summed E-state index contributed by atoms with van der Waals surface area (Å²) in [6, 6.07) is 19.0. The van der Waals surface area contributed by atoms with Crippen LogP contribution in [0, 0.1) is 0 Å². The number of aliphatic hydroxyl groups excluding tert-OH is 1. The topological polar surface area (TPSA) is 26.7 Å².